The van der Waals surface area contributed by atoms with Gasteiger partial charge in [-0.25, -0.2) is 13.4 Å². The minimum atomic E-state index is -4.56. The van der Waals surface area contributed by atoms with E-state index in [1.54, 1.807) is 6.20 Å². The molecule has 0 aliphatic carbocycles. The maximum atomic E-state index is 12.6. The van der Waals surface area contributed by atoms with E-state index in [2.05, 4.69) is 15.2 Å². The van der Waals surface area contributed by atoms with Gasteiger partial charge in [0, 0.05) is 37.1 Å². The van der Waals surface area contributed by atoms with Gasteiger partial charge in [0.25, 0.3) is 0 Å². The van der Waals surface area contributed by atoms with Crippen LogP contribution in [0.2, 0.25) is 0 Å². The third kappa shape index (κ3) is 4.12. The lowest BCUT2D eigenvalue weighted by Gasteiger charge is -2.29. The molecule has 3 rings (SSSR count). The Kier molecular flexibility index (Phi) is 5.70. The van der Waals surface area contributed by atoms with Gasteiger partial charge >= 0.3 is 5.76 Å². The Morgan fingerprint density at radius 3 is 2.42 bits per heavy atom. The molecular formula is C18H21F2N3O2S. The number of piperidine rings is 1. The summed E-state index contributed by atoms with van der Waals surface area (Å²) >= 11 is 0. The van der Waals surface area contributed by atoms with Crippen molar-refractivity contribution in [2.45, 2.75) is 36.5 Å². The van der Waals surface area contributed by atoms with Crippen molar-refractivity contribution in [2.75, 3.05) is 23.3 Å². The van der Waals surface area contributed by atoms with E-state index in [0.29, 0.717) is 12.2 Å². The molecule has 5 nitrogen and oxygen atoms in total. The molecule has 1 aliphatic heterocycles. The topological polar surface area (TPSA) is 62.3 Å². The number of aromatic nitrogens is 1. The van der Waals surface area contributed by atoms with Gasteiger partial charge in [-0.15, -0.1) is 0 Å². The molecule has 0 atom stereocenters. The molecule has 0 radical (unpaired) electrons. The molecule has 1 saturated heterocycles. The summed E-state index contributed by atoms with van der Waals surface area (Å²) < 4.78 is 48.1. The molecule has 2 heterocycles. The molecule has 0 saturated carbocycles. The summed E-state index contributed by atoms with van der Waals surface area (Å²) in [6.07, 6.45) is 5.33. The first-order valence-electron chi connectivity index (χ1n) is 8.53. The molecule has 0 unspecified atom stereocenters. The maximum Gasteiger partial charge on any atom is 0.341 e. The van der Waals surface area contributed by atoms with Crippen LogP contribution in [0.5, 0.6) is 0 Å². The summed E-state index contributed by atoms with van der Waals surface area (Å²) in [7, 11) is -4.56. The van der Waals surface area contributed by atoms with Crippen LogP contribution in [0.4, 0.5) is 20.3 Å². The van der Waals surface area contributed by atoms with Gasteiger partial charge < -0.3 is 10.2 Å². The lowest BCUT2D eigenvalue weighted by Crippen LogP contribution is -2.31. The lowest BCUT2D eigenvalue weighted by molar-refractivity contribution is 0.234. The van der Waals surface area contributed by atoms with Crippen molar-refractivity contribution in [3.8, 4) is 0 Å². The molecule has 1 N–H and O–H groups in total. The van der Waals surface area contributed by atoms with Gasteiger partial charge in [-0.1, -0.05) is 6.07 Å². The van der Waals surface area contributed by atoms with Crippen LogP contribution in [-0.2, 0) is 16.4 Å². The van der Waals surface area contributed by atoms with Crippen LogP contribution >= 0.6 is 0 Å². The van der Waals surface area contributed by atoms with Crippen molar-refractivity contribution < 1.29 is 17.2 Å². The van der Waals surface area contributed by atoms with E-state index in [0.717, 1.165) is 37.3 Å². The Balaban J connectivity index is 1.70. The van der Waals surface area contributed by atoms with Crippen molar-refractivity contribution in [3.05, 3.63) is 48.2 Å². The van der Waals surface area contributed by atoms with Gasteiger partial charge in [0.05, 0.1) is 4.90 Å². The van der Waals surface area contributed by atoms with Crippen LogP contribution in [0, 0.1) is 0 Å². The molecule has 0 amide bonds. The van der Waals surface area contributed by atoms with Gasteiger partial charge in [-0.05, 0) is 49.6 Å². The third-order valence-corrected chi connectivity index (χ3v) is 5.82. The number of benzene rings is 1. The van der Waals surface area contributed by atoms with Crippen molar-refractivity contribution in [3.63, 3.8) is 0 Å². The van der Waals surface area contributed by atoms with Crippen LogP contribution in [-0.4, -0.2) is 32.2 Å². The van der Waals surface area contributed by atoms with Crippen LogP contribution in [0.3, 0.4) is 0 Å². The average Bonchev–Trinajstić information content (AvgIpc) is 2.67. The lowest BCUT2D eigenvalue weighted by atomic mass is 10.1. The number of hydrogen-bond acceptors (Lipinski definition) is 5. The minimum absolute atomic E-state index is 0.381. The van der Waals surface area contributed by atoms with Gasteiger partial charge in [-0.3, -0.25) is 0 Å². The fourth-order valence-corrected chi connectivity index (χ4v) is 3.74. The predicted octanol–water partition coefficient (Wildman–Crippen LogP) is 3.68. The number of pyridine rings is 1. The first kappa shape index (κ1) is 18.6. The fraction of sp³-hybridized carbons (Fsp3) is 0.389. The monoisotopic (exact) mass is 381 g/mol. The first-order valence-corrected chi connectivity index (χ1v) is 10.1. The summed E-state index contributed by atoms with van der Waals surface area (Å²) in [4.78, 5) is 6.40. The van der Waals surface area contributed by atoms with Crippen LogP contribution in [0.25, 0.3) is 0 Å². The van der Waals surface area contributed by atoms with E-state index in [4.69, 9.17) is 0 Å². The number of rotatable bonds is 6. The highest BCUT2D eigenvalue weighted by Gasteiger charge is 2.26. The predicted molar refractivity (Wildman–Crippen MR) is 97.3 cm³/mol. The number of halogens is 2. The molecule has 2 aromatic rings. The first-order chi connectivity index (χ1) is 12.5. The highest BCUT2D eigenvalue weighted by Crippen LogP contribution is 2.24. The molecule has 1 aromatic heterocycles. The van der Waals surface area contributed by atoms with Crippen molar-refractivity contribution >= 4 is 21.3 Å². The Morgan fingerprint density at radius 1 is 1.08 bits per heavy atom. The second-order valence-electron chi connectivity index (χ2n) is 6.22. The summed E-state index contributed by atoms with van der Waals surface area (Å²) in [5.74, 6) is -2.46. The smallest absolute Gasteiger partial charge is 0.341 e. The highest BCUT2D eigenvalue weighted by molar-refractivity contribution is 7.91. The maximum absolute atomic E-state index is 12.6. The summed E-state index contributed by atoms with van der Waals surface area (Å²) in [6, 6.07) is 9.25. The zero-order valence-corrected chi connectivity index (χ0v) is 15.1. The second-order valence-corrected chi connectivity index (χ2v) is 8.14. The van der Waals surface area contributed by atoms with Crippen LogP contribution in [0.1, 0.15) is 24.8 Å². The number of sulfone groups is 1. The van der Waals surface area contributed by atoms with Gasteiger partial charge in [0.2, 0.25) is 9.84 Å². The molecule has 1 aliphatic rings. The average molecular weight is 381 g/mol. The molecular weight excluding hydrogens is 360 g/mol. The Labute approximate surface area is 152 Å². The van der Waals surface area contributed by atoms with Crippen molar-refractivity contribution in [2.24, 2.45) is 0 Å². The van der Waals surface area contributed by atoms with Gasteiger partial charge in [0.1, 0.15) is 5.82 Å². The third-order valence-electron chi connectivity index (χ3n) is 4.42. The quantitative estimate of drug-likeness (QED) is 0.827. The van der Waals surface area contributed by atoms with Crippen molar-refractivity contribution in [1.29, 1.82) is 0 Å². The highest BCUT2D eigenvalue weighted by atomic mass is 32.2. The van der Waals surface area contributed by atoms with E-state index in [-0.39, 0.29) is 4.90 Å². The molecule has 140 valence electrons. The Bertz CT molecular complexity index is 836. The zero-order chi connectivity index (χ0) is 18.6. The number of nitrogens with zero attached hydrogens (tertiary/aromatic N) is 2. The molecule has 1 fully saturated rings. The zero-order valence-electron chi connectivity index (χ0n) is 14.2. The van der Waals surface area contributed by atoms with Crippen LogP contribution < -0.4 is 10.2 Å². The van der Waals surface area contributed by atoms with Gasteiger partial charge in [-0.2, -0.15) is 8.78 Å². The summed E-state index contributed by atoms with van der Waals surface area (Å²) in [5, 5.41) is 3.20. The molecule has 1 aromatic carbocycles. The van der Waals surface area contributed by atoms with E-state index in [9.17, 15) is 17.2 Å². The second kappa shape index (κ2) is 7.99. The minimum Gasteiger partial charge on any atom is -0.381 e. The summed E-state index contributed by atoms with van der Waals surface area (Å²) in [6.45, 7) is 2.50. The molecule has 0 bridgehead atoms. The SMILES string of the molecule is O=S(=O)(c1ccc(NCc2cccnc2N2CCCCC2)cc1)C(F)F. The van der Waals surface area contributed by atoms with Crippen molar-refractivity contribution in [1.82, 2.24) is 4.98 Å². The van der Waals surface area contributed by atoms with E-state index in [1.807, 2.05) is 12.1 Å². The van der Waals surface area contributed by atoms with Gasteiger partial charge in [0.15, 0.2) is 0 Å². The normalized spacial score (nSPS) is 15.3. The Morgan fingerprint density at radius 2 is 1.77 bits per heavy atom. The fourth-order valence-electron chi connectivity index (χ4n) is 3.02. The van der Waals surface area contributed by atoms with E-state index < -0.39 is 15.6 Å². The largest absolute Gasteiger partial charge is 0.381 e. The molecule has 8 heteroatoms. The number of anilines is 2. The van der Waals surface area contributed by atoms with Crippen LogP contribution in [0.15, 0.2) is 47.5 Å². The van der Waals surface area contributed by atoms with E-state index in [1.165, 1.54) is 30.7 Å². The molecule has 26 heavy (non-hydrogen) atoms. The number of alkyl halides is 2. The number of hydrogen-bond donors (Lipinski definition) is 1. The van der Waals surface area contributed by atoms with E-state index >= 15 is 0 Å². The molecule has 0 spiro atoms. The number of nitrogens with one attached hydrogen (secondary N) is 1. The summed E-state index contributed by atoms with van der Waals surface area (Å²) in [5.41, 5.74) is 1.70. The Hall–Kier alpha value is -2.22. The standard InChI is InChI=1S/C18H21F2N3O2S/c19-18(20)26(24,25)16-8-6-15(7-9-16)22-13-14-5-4-10-21-17(14)23-11-2-1-3-12-23/h4-10,18,22H,1-3,11-13H2.